The van der Waals surface area contributed by atoms with E-state index in [0.717, 1.165) is 18.7 Å². The van der Waals surface area contributed by atoms with Crippen LogP contribution in [0.1, 0.15) is 38.4 Å². The van der Waals surface area contributed by atoms with Gasteiger partial charge in [-0.1, -0.05) is 25.4 Å². The van der Waals surface area contributed by atoms with E-state index in [2.05, 4.69) is 15.3 Å². The predicted octanol–water partition coefficient (Wildman–Crippen LogP) is 2.30. The van der Waals surface area contributed by atoms with Gasteiger partial charge in [0.05, 0.1) is 13.2 Å². The Morgan fingerprint density at radius 3 is 2.65 bits per heavy atom. The van der Waals surface area contributed by atoms with Crippen molar-refractivity contribution in [1.29, 1.82) is 0 Å². The molecule has 1 aromatic rings. The van der Waals surface area contributed by atoms with E-state index in [-0.39, 0.29) is 17.9 Å². The van der Waals surface area contributed by atoms with Gasteiger partial charge in [-0.3, -0.25) is 4.79 Å². The Kier molecular flexibility index (Phi) is 5.02. The summed E-state index contributed by atoms with van der Waals surface area (Å²) in [4.78, 5) is 23.5. The molecular formula is C16H23ClN4O2. The minimum atomic E-state index is -0.328. The van der Waals surface area contributed by atoms with Gasteiger partial charge < -0.3 is 15.0 Å². The van der Waals surface area contributed by atoms with Crippen LogP contribution in [0.2, 0.25) is 5.15 Å². The maximum atomic E-state index is 12.8. The van der Waals surface area contributed by atoms with Gasteiger partial charge in [0.2, 0.25) is 5.91 Å². The van der Waals surface area contributed by atoms with Crippen LogP contribution >= 0.6 is 11.6 Å². The van der Waals surface area contributed by atoms with Gasteiger partial charge in [0.15, 0.2) is 0 Å². The SMILES string of the molecule is CC(C)C(Nc1cc(Cl)nc(C2CC2)n1)C(=O)N1CCOCC1. The van der Waals surface area contributed by atoms with E-state index in [0.29, 0.717) is 43.2 Å². The lowest BCUT2D eigenvalue weighted by Crippen LogP contribution is -2.50. The van der Waals surface area contributed by atoms with Gasteiger partial charge in [0, 0.05) is 25.1 Å². The molecular weight excluding hydrogens is 316 g/mol. The molecule has 2 heterocycles. The number of rotatable bonds is 5. The monoisotopic (exact) mass is 338 g/mol. The summed E-state index contributed by atoms with van der Waals surface area (Å²) in [6.07, 6.45) is 2.22. The van der Waals surface area contributed by atoms with Crippen molar-refractivity contribution in [2.75, 3.05) is 31.6 Å². The van der Waals surface area contributed by atoms with Gasteiger partial charge in [0.25, 0.3) is 0 Å². The summed E-state index contributed by atoms with van der Waals surface area (Å²) in [5.74, 6) is 2.06. The Morgan fingerprint density at radius 1 is 1.35 bits per heavy atom. The molecule has 0 aromatic carbocycles. The molecule has 0 spiro atoms. The number of nitrogens with zero attached hydrogens (tertiary/aromatic N) is 3. The van der Waals surface area contributed by atoms with Crippen molar-refractivity contribution in [2.24, 2.45) is 5.92 Å². The van der Waals surface area contributed by atoms with E-state index in [1.54, 1.807) is 6.07 Å². The number of hydrogen-bond acceptors (Lipinski definition) is 5. The third-order valence-electron chi connectivity index (χ3n) is 4.21. The van der Waals surface area contributed by atoms with Crippen LogP contribution in [0.4, 0.5) is 5.82 Å². The first-order chi connectivity index (χ1) is 11.0. The largest absolute Gasteiger partial charge is 0.378 e. The highest BCUT2D eigenvalue weighted by Gasteiger charge is 2.30. The summed E-state index contributed by atoms with van der Waals surface area (Å²) >= 11 is 6.11. The first kappa shape index (κ1) is 16.5. The fourth-order valence-corrected chi connectivity index (χ4v) is 2.88. The Balaban J connectivity index is 1.75. The number of carbonyl (C=O) groups is 1. The molecule has 1 amide bonds. The van der Waals surface area contributed by atoms with Crippen LogP contribution in [0, 0.1) is 5.92 Å². The van der Waals surface area contributed by atoms with Crippen molar-refractivity contribution in [2.45, 2.75) is 38.6 Å². The van der Waals surface area contributed by atoms with E-state index in [9.17, 15) is 4.79 Å². The van der Waals surface area contributed by atoms with Crippen LogP contribution in [0.25, 0.3) is 0 Å². The van der Waals surface area contributed by atoms with E-state index >= 15 is 0 Å². The summed E-state index contributed by atoms with van der Waals surface area (Å²) in [6.45, 7) is 6.54. The van der Waals surface area contributed by atoms with Crippen LogP contribution in [0.3, 0.4) is 0 Å². The quantitative estimate of drug-likeness (QED) is 0.834. The van der Waals surface area contributed by atoms with Crippen molar-refractivity contribution in [3.63, 3.8) is 0 Å². The van der Waals surface area contributed by atoms with Crippen LogP contribution in [0.5, 0.6) is 0 Å². The maximum absolute atomic E-state index is 12.8. The first-order valence-corrected chi connectivity index (χ1v) is 8.60. The lowest BCUT2D eigenvalue weighted by Gasteiger charge is -2.32. The van der Waals surface area contributed by atoms with Gasteiger partial charge in [-0.05, 0) is 18.8 Å². The second-order valence-electron chi connectivity index (χ2n) is 6.51. The maximum Gasteiger partial charge on any atom is 0.245 e. The summed E-state index contributed by atoms with van der Waals surface area (Å²) in [5, 5.41) is 3.69. The van der Waals surface area contributed by atoms with E-state index < -0.39 is 0 Å². The summed E-state index contributed by atoms with van der Waals surface area (Å²) in [7, 11) is 0. The van der Waals surface area contributed by atoms with Crippen LogP contribution in [0.15, 0.2) is 6.07 Å². The zero-order valence-corrected chi connectivity index (χ0v) is 14.3. The summed E-state index contributed by atoms with van der Waals surface area (Å²) in [6, 6.07) is 1.36. The molecule has 1 saturated carbocycles. The molecule has 2 aliphatic rings. The van der Waals surface area contributed by atoms with Crippen molar-refractivity contribution in [3.8, 4) is 0 Å². The van der Waals surface area contributed by atoms with Gasteiger partial charge in [-0.25, -0.2) is 9.97 Å². The Bertz CT molecular complexity index is 571. The van der Waals surface area contributed by atoms with Crippen molar-refractivity contribution in [3.05, 3.63) is 17.0 Å². The molecule has 1 aromatic heterocycles. The molecule has 6 nitrogen and oxygen atoms in total. The second kappa shape index (κ2) is 7.01. The molecule has 23 heavy (non-hydrogen) atoms. The third-order valence-corrected chi connectivity index (χ3v) is 4.41. The lowest BCUT2D eigenvalue weighted by atomic mass is 10.0. The fourth-order valence-electron chi connectivity index (χ4n) is 2.69. The lowest BCUT2D eigenvalue weighted by molar-refractivity contribution is -0.137. The van der Waals surface area contributed by atoms with Crippen LogP contribution < -0.4 is 5.32 Å². The number of nitrogens with one attached hydrogen (secondary N) is 1. The van der Waals surface area contributed by atoms with E-state index in [4.69, 9.17) is 16.3 Å². The number of halogens is 1. The molecule has 3 rings (SSSR count). The van der Waals surface area contributed by atoms with Crippen molar-refractivity contribution >= 4 is 23.3 Å². The molecule has 1 unspecified atom stereocenters. The van der Waals surface area contributed by atoms with Gasteiger partial charge >= 0.3 is 0 Å². The minimum Gasteiger partial charge on any atom is -0.378 e. The van der Waals surface area contributed by atoms with Crippen molar-refractivity contribution in [1.82, 2.24) is 14.9 Å². The predicted molar refractivity (Wildman–Crippen MR) is 88.7 cm³/mol. The van der Waals surface area contributed by atoms with E-state index in [1.165, 1.54) is 0 Å². The first-order valence-electron chi connectivity index (χ1n) is 8.22. The van der Waals surface area contributed by atoms with Crippen molar-refractivity contribution < 1.29 is 9.53 Å². The highest BCUT2D eigenvalue weighted by atomic mass is 35.5. The minimum absolute atomic E-state index is 0.0889. The highest BCUT2D eigenvalue weighted by Crippen LogP contribution is 2.38. The Hall–Kier alpha value is -1.40. The number of morpholine rings is 1. The average Bonchev–Trinajstić information content (AvgIpc) is 3.37. The van der Waals surface area contributed by atoms with Gasteiger partial charge in [0.1, 0.15) is 22.8 Å². The Labute approximate surface area is 141 Å². The zero-order chi connectivity index (χ0) is 16.4. The zero-order valence-electron chi connectivity index (χ0n) is 13.6. The number of ether oxygens (including phenoxy) is 1. The average molecular weight is 339 g/mol. The van der Waals surface area contributed by atoms with Gasteiger partial charge in [-0.2, -0.15) is 0 Å². The normalized spacial score (nSPS) is 19.7. The number of anilines is 1. The smallest absolute Gasteiger partial charge is 0.245 e. The Morgan fingerprint density at radius 2 is 2.04 bits per heavy atom. The molecule has 126 valence electrons. The number of aromatic nitrogens is 2. The number of amides is 1. The molecule has 1 N–H and O–H groups in total. The molecule has 1 aliphatic carbocycles. The third kappa shape index (κ3) is 4.12. The molecule has 2 fully saturated rings. The number of carbonyl (C=O) groups excluding carboxylic acids is 1. The van der Waals surface area contributed by atoms with Crippen LogP contribution in [-0.2, 0) is 9.53 Å². The summed E-state index contributed by atoms with van der Waals surface area (Å²) in [5.41, 5.74) is 0. The molecule has 0 radical (unpaired) electrons. The standard InChI is InChI=1S/C16H23ClN4O2/c1-10(2)14(16(22)21-5-7-23-8-6-21)19-13-9-12(17)18-15(20-13)11-3-4-11/h9-11,14H,3-8H2,1-2H3,(H,18,19,20). The summed E-state index contributed by atoms with van der Waals surface area (Å²) < 4.78 is 5.32. The highest BCUT2D eigenvalue weighted by molar-refractivity contribution is 6.29. The second-order valence-corrected chi connectivity index (χ2v) is 6.90. The number of hydrogen-bond donors (Lipinski definition) is 1. The fraction of sp³-hybridized carbons (Fsp3) is 0.688. The van der Waals surface area contributed by atoms with Gasteiger partial charge in [-0.15, -0.1) is 0 Å². The molecule has 7 heteroatoms. The molecule has 1 saturated heterocycles. The van der Waals surface area contributed by atoms with E-state index in [1.807, 2.05) is 18.7 Å². The topological polar surface area (TPSA) is 67.4 Å². The molecule has 1 atom stereocenters. The molecule has 1 aliphatic heterocycles. The molecule has 0 bridgehead atoms. The van der Waals surface area contributed by atoms with Crippen LogP contribution in [-0.4, -0.2) is 53.1 Å².